The average molecular weight is 379 g/mol. The molecule has 0 saturated carbocycles. The summed E-state index contributed by atoms with van der Waals surface area (Å²) in [5.41, 5.74) is 3.15. The van der Waals surface area contributed by atoms with E-state index in [2.05, 4.69) is 16.0 Å². The molecule has 2 aromatic heterocycles. The Morgan fingerprint density at radius 1 is 1.25 bits per heavy atom. The highest BCUT2D eigenvalue weighted by Crippen LogP contribution is 2.36. The van der Waals surface area contributed by atoms with E-state index < -0.39 is 6.10 Å². The summed E-state index contributed by atoms with van der Waals surface area (Å²) in [5, 5.41) is 12.0. The van der Waals surface area contributed by atoms with Gasteiger partial charge in [-0.15, -0.1) is 0 Å². The van der Waals surface area contributed by atoms with E-state index in [1.165, 1.54) is 0 Å². The van der Waals surface area contributed by atoms with Gasteiger partial charge in [-0.05, 0) is 36.6 Å². The first-order valence-corrected chi connectivity index (χ1v) is 9.87. The van der Waals surface area contributed by atoms with E-state index in [0.29, 0.717) is 18.4 Å². The molecule has 6 nitrogen and oxygen atoms in total. The quantitative estimate of drug-likeness (QED) is 0.731. The molecule has 3 atom stereocenters. The van der Waals surface area contributed by atoms with E-state index in [1.807, 2.05) is 35.0 Å². The van der Waals surface area contributed by atoms with Crippen molar-refractivity contribution in [2.24, 2.45) is 5.92 Å². The predicted octanol–water partition coefficient (Wildman–Crippen LogP) is 2.49. The van der Waals surface area contributed by atoms with Gasteiger partial charge in [-0.2, -0.15) is 0 Å². The normalized spacial score (nSPS) is 22.8. The van der Waals surface area contributed by atoms with Gasteiger partial charge in [-0.1, -0.05) is 6.07 Å². The SMILES string of the molecule is COc1ccc2[nH]cc([C@H](O)CN3C[C@@H]4C[C@H](C3)c3cccc(=O)n3C4)c2c1. The van der Waals surface area contributed by atoms with E-state index in [9.17, 15) is 9.90 Å². The Hall–Kier alpha value is -2.57. The number of aromatic nitrogens is 2. The van der Waals surface area contributed by atoms with Crippen molar-refractivity contribution in [2.45, 2.75) is 25.0 Å². The highest BCUT2D eigenvalue weighted by molar-refractivity contribution is 5.85. The lowest BCUT2D eigenvalue weighted by Gasteiger charge is -2.43. The van der Waals surface area contributed by atoms with Crippen molar-refractivity contribution in [3.63, 3.8) is 0 Å². The Balaban J connectivity index is 1.37. The number of nitrogens with zero attached hydrogens (tertiary/aromatic N) is 2. The van der Waals surface area contributed by atoms with Crippen molar-refractivity contribution in [3.8, 4) is 5.75 Å². The third-order valence-corrected chi connectivity index (χ3v) is 6.27. The second kappa shape index (κ2) is 6.79. The molecular weight excluding hydrogens is 354 g/mol. The maximum absolute atomic E-state index is 12.2. The second-order valence-electron chi connectivity index (χ2n) is 8.09. The first kappa shape index (κ1) is 17.5. The molecule has 6 heteroatoms. The molecule has 1 fully saturated rings. The lowest BCUT2D eigenvalue weighted by Crippen LogP contribution is -2.48. The third kappa shape index (κ3) is 2.93. The van der Waals surface area contributed by atoms with Gasteiger partial charge in [0.15, 0.2) is 0 Å². The minimum absolute atomic E-state index is 0.105. The summed E-state index contributed by atoms with van der Waals surface area (Å²) in [6.45, 7) is 3.17. The highest BCUT2D eigenvalue weighted by Gasteiger charge is 2.35. The van der Waals surface area contributed by atoms with Crippen LogP contribution in [-0.4, -0.2) is 46.3 Å². The van der Waals surface area contributed by atoms with E-state index in [1.54, 1.807) is 13.2 Å². The Bertz CT molecular complexity index is 1070. The predicted molar refractivity (Wildman–Crippen MR) is 108 cm³/mol. The number of nitrogens with one attached hydrogen (secondary N) is 1. The summed E-state index contributed by atoms with van der Waals surface area (Å²) in [7, 11) is 1.65. The molecule has 2 aliphatic heterocycles. The van der Waals surface area contributed by atoms with E-state index >= 15 is 0 Å². The van der Waals surface area contributed by atoms with Crippen molar-refractivity contribution >= 4 is 10.9 Å². The van der Waals surface area contributed by atoms with Crippen LogP contribution in [0.3, 0.4) is 0 Å². The molecule has 0 amide bonds. The molecule has 2 aliphatic rings. The lowest BCUT2D eigenvalue weighted by molar-refractivity contribution is 0.0627. The molecule has 0 spiro atoms. The van der Waals surface area contributed by atoms with Crippen LogP contribution in [0.25, 0.3) is 10.9 Å². The van der Waals surface area contributed by atoms with Crippen molar-refractivity contribution in [2.75, 3.05) is 26.7 Å². The zero-order valence-corrected chi connectivity index (χ0v) is 16.0. The van der Waals surface area contributed by atoms with Crippen LogP contribution in [0.4, 0.5) is 0 Å². The van der Waals surface area contributed by atoms with Crippen LogP contribution in [0, 0.1) is 5.92 Å². The summed E-state index contributed by atoms with van der Waals surface area (Å²) in [4.78, 5) is 17.8. The van der Waals surface area contributed by atoms with Crippen LogP contribution in [-0.2, 0) is 6.54 Å². The fourth-order valence-corrected chi connectivity index (χ4v) is 5.01. The number of aliphatic hydroxyl groups is 1. The summed E-state index contributed by atoms with van der Waals surface area (Å²) >= 11 is 0. The first-order chi connectivity index (χ1) is 13.6. The highest BCUT2D eigenvalue weighted by atomic mass is 16.5. The molecule has 2 N–H and O–H groups in total. The molecule has 3 aromatic rings. The molecule has 146 valence electrons. The number of benzene rings is 1. The fourth-order valence-electron chi connectivity index (χ4n) is 5.01. The third-order valence-electron chi connectivity index (χ3n) is 6.27. The van der Waals surface area contributed by atoms with Crippen LogP contribution < -0.4 is 10.3 Å². The number of fused-ring (bicyclic) bond motifs is 5. The zero-order chi connectivity index (χ0) is 19.3. The standard InChI is InChI=1S/C22H25N3O3/c1-28-16-5-6-19-17(8-16)18(9-23-19)21(26)13-24-10-14-7-15(12-24)20-3-2-4-22(27)25(20)11-14/h2-6,8-9,14-15,21,23,26H,7,10-13H2,1H3/t14-,15+,21+/m0/s1. The van der Waals surface area contributed by atoms with Gasteiger partial charge in [-0.25, -0.2) is 0 Å². The van der Waals surface area contributed by atoms with Crippen LogP contribution in [0.2, 0.25) is 0 Å². The Kier molecular flexibility index (Phi) is 4.25. The number of hydrogen-bond acceptors (Lipinski definition) is 4. The topological polar surface area (TPSA) is 70.5 Å². The Labute approximate surface area is 163 Å². The number of pyridine rings is 1. The number of likely N-dealkylation sites (tertiary alicyclic amines) is 1. The van der Waals surface area contributed by atoms with Crippen LogP contribution in [0.5, 0.6) is 5.75 Å². The van der Waals surface area contributed by atoms with Crippen molar-refractivity contribution < 1.29 is 9.84 Å². The molecule has 2 bridgehead atoms. The number of piperidine rings is 1. The number of ether oxygens (including phenoxy) is 1. The minimum Gasteiger partial charge on any atom is -0.497 e. The average Bonchev–Trinajstić information content (AvgIpc) is 3.12. The van der Waals surface area contributed by atoms with Crippen LogP contribution >= 0.6 is 0 Å². The number of aromatic amines is 1. The number of β-amino-alcohol motifs (C(OH)–C–C–N with tert-alkyl or cyclic N) is 1. The zero-order valence-electron chi connectivity index (χ0n) is 16.0. The largest absolute Gasteiger partial charge is 0.497 e. The molecule has 0 aliphatic carbocycles. The van der Waals surface area contributed by atoms with Crippen molar-refractivity contribution in [3.05, 3.63) is 64.2 Å². The molecule has 0 radical (unpaired) electrons. The summed E-state index contributed by atoms with van der Waals surface area (Å²) in [5.74, 6) is 1.60. The van der Waals surface area contributed by atoms with Gasteiger partial charge in [0.1, 0.15) is 5.75 Å². The smallest absolute Gasteiger partial charge is 0.250 e. The summed E-state index contributed by atoms with van der Waals surface area (Å²) in [6, 6.07) is 11.5. The molecule has 1 aromatic carbocycles. The van der Waals surface area contributed by atoms with E-state index in [-0.39, 0.29) is 5.56 Å². The first-order valence-electron chi connectivity index (χ1n) is 9.87. The number of aliphatic hydroxyl groups excluding tert-OH is 1. The van der Waals surface area contributed by atoms with Crippen molar-refractivity contribution in [1.82, 2.24) is 14.5 Å². The van der Waals surface area contributed by atoms with Gasteiger partial charge in [0.25, 0.3) is 5.56 Å². The maximum Gasteiger partial charge on any atom is 0.250 e. The van der Waals surface area contributed by atoms with E-state index in [4.69, 9.17) is 4.74 Å². The maximum atomic E-state index is 12.2. The Morgan fingerprint density at radius 3 is 3.00 bits per heavy atom. The fraction of sp³-hybridized carbons (Fsp3) is 0.409. The summed E-state index contributed by atoms with van der Waals surface area (Å²) < 4.78 is 7.28. The van der Waals surface area contributed by atoms with Gasteiger partial charge in [-0.3, -0.25) is 9.69 Å². The second-order valence-corrected chi connectivity index (χ2v) is 8.09. The number of methoxy groups -OCH3 is 1. The summed E-state index contributed by atoms with van der Waals surface area (Å²) in [6.07, 6.45) is 2.45. The van der Waals surface area contributed by atoms with Crippen molar-refractivity contribution in [1.29, 1.82) is 0 Å². The molecule has 1 saturated heterocycles. The van der Waals surface area contributed by atoms with Gasteiger partial charge in [0, 0.05) is 66.5 Å². The molecule has 0 unspecified atom stereocenters. The molecule has 5 rings (SSSR count). The van der Waals surface area contributed by atoms with Gasteiger partial charge in [0.2, 0.25) is 0 Å². The number of hydrogen-bond donors (Lipinski definition) is 2. The number of H-pyrrole nitrogens is 1. The molecular formula is C22H25N3O3. The van der Waals surface area contributed by atoms with Gasteiger partial charge in [0.05, 0.1) is 13.2 Å². The molecule has 4 heterocycles. The number of rotatable bonds is 4. The van der Waals surface area contributed by atoms with Crippen LogP contribution in [0.1, 0.15) is 29.7 Å². The van der Waals surface area contributed by atoms with Gasteiger partial charge >= 0.3 is 0 Å². The minimum atomic E-state index is -0.572. The van der Waals surface area contributed by atoms with Crippen LogP contribution in [0.15, 0.2) is 47.4 Å². The monoisotopic (exact) mass is 379 g/mol. The lowest BCUT2D eigenvalue weighted by atomic mass is 9.83. The van der Waals surface area contributed by atoms with E-state index in [0.717, 1.165) is 54.0 Å². The van der Waals surface area contributed by atoms with Gasteiger partial charge < -0.3 is 19.4 Å². The molecule has 28 heavy (non-hydrogen) atoms. The Morgan fingerprint density at radius 2 is 2.14 bits per heavy atom.